The average molecular weight is 492 g/mol. The van der Waals surface area contributed by atoms with Crippen molar-refractivity contribution in [2.75, 3.05) is 0 Å². The number of para-hydroxylation sites is 1. The van der Waals surface area contributed by atoms with E-state index in [1.807, 2.05) is 12.1 Å². The van der Waals surface area contributed by atoms with Gasteiger partial charge in [0.15, 0.2) is 0 Å². The lowest BCUT2D eigenvalue weighted by atomic mass is 10.1. The quantitative estimate of drug-likeness (QED) is 0.308. The van der Waals surface area contributed by atoms with Gasteiger partial charge in [-0.2, -0.15) is 13.2 Å². The predicted octanol–water partition coefficient (Wildman–Crippen LogP) is 6.54. The molecule has 1 aromatic heterocycles. The summed E-state index contributed by atoms with van der Waals surface area (Å²) in [6.45, 7) is 5.67. The van der Waals surface area contributed by atoms with Gasteiger partial charge in [0.25, 0.3) is 5.91 Å². The van der Waals surface area contributed by atoms with E-state index >= 15 is 0 Å². The number of rotatable bonds is 7. The minimum Gasteiger partial charge on any atom is -0.478 e. The number of carboxylic acids is 1. The standard InChI is InChI=1S/C28H23F3N2O3/c1-3-22-23-9-4-5-10-24(23)33(16-18-7-6-8-21(15-18)28(29,30)31)25(22)26(34)32-17(2)19-11-13-20(14-12-19)27(35)36/h3-15,17H,1,16H2,2H3,(H,32,34)(H,35,36)/t17-/m0/s1. The van der Waals surface area contributed by atoms with Crippen molar-refractivity contribution in [3.63, 3.8) is 0 Å². The molecule has 0 spiro atoms. The molecule has 8 heteroatoms. The summed E-state index contributed by atoms with van der Waals surface area (Å²) >= 11 is 0. The van der Waals surface area contributed by atoms with Crippen LogP contribution >= 0.6 is 0 Å². The fourth-order valence-corrected chi connectivity index (χ4v) is 4.24. The van der Waals surface area contributed by atoms with Gasteiger partial charge in [-0.05, 0) is 48.4 Å². The van der Waals surface area contributed by atoms with Crippen molar-refractivity contribution in [2.45, 2.75) is 25.7 Å². The summed E-state index contributed by atoms with van der Waals surface area (Å²) in [4.78, 5) is 24.7. The van der Waals surface area contributed by atoms with Gasteiger partial charge in [0, 0.05) is 23.0 Å². The van der Waals surface area contributed by atoms with Crippen LogP contribution in [0.2, 0.25) is 0 Å². The molecule has 3 aromatic carbocycles. The van der Waals surface area contributed by atoms with E-state index in [0.717, 1.165) is 17.5 Å². The Bertz CT molecular complexity index is 1450. The molecule has 2 N–H and O–H groups in total. The van der Waals surface area contributed by atoms with Crippen molar-refractivity contribution < 1.29 is 27.9 Å². The summed E-state index contributed by atoms with van der Waals surface area (Å²) in [7, 11) is 0. The Morgan fingerprint density at radius 3 is 2.39 bits per heavy atom. The van der Waals surface area contributed by atoms with E-state index in [1.54, 1.807) is 47.9 Å². The lowest BCUT2D eigenvalue weighted by Gasteiger charge is -2.17. The Morgan fingerprint density at radius 1 is 1.06 bits per heavy atom. The minimum absolute atomic E-state index is 0.0444. The molecule has 0 aliphatic heterocycles. The molecule has 1 atom stereocenters. The number of aromatic carboxylic acids is 1. The smallest absolute Gasteiger partial charge is 0.416 e. The molecule has 0 aliphatic carbocycles. The normalized spacial score (nSPS) is 12.3. The van der Waals surface area contributed by atoms with Crippen LogP contribution in [0.3, 0.4) is 0 Å². The van der Waals surface area contributed by atoms with Gasteiger partial charge in [-0.1, -0.05) is 55.1 Å². The minimum atomic E-state index is -4.48. The monoisotopic (exact) mass is 492 g/mol. The molecule has 0 bridgehead atoms. The highest BCUT2D eigenvalue weighted by Gasteiger charge is 2.30. The summed E-state index contributed by atoms with van der Waals surface area (Å²) in [6.07, 6.45) is -2.92. The molecule has 0 aliphatic rings. The number of nitrogens with zero attached hydrogens (tertiary/aromatic N) is 1. The third-order valence-corrected chi connectivity index (χ3v) is 6.03. The van der Waals surface area contributed by atoms with Crippen molar-refractivity contribution in [3.05, 3.63) is 113 Å². The molecule has 1 amide bonds. The zero-order valence-corrected chi connectivity index (χ0v) is 19.3. The summed E-state index contributed by atoms with van der Waals surface area (Å²) in [5.74, 6) is -1.48. The molecule has 0 saturated carbocycles. The number of carboxylic acid groups (broad SMARTS) is 1. The van der Waals surface area contributed by atoms with Gasteiger partial charge in [0.05, 0.1) is 17.2 Å². The number of carbonyl (C=O) groups excluding carboxylic acids is 1. The van der Waals surface area contributed by atoms with E-state index in [9.17, 15) is 22.8 Å². The fourth-order valence-electron chi connectivity index (χ4n) is 4.24. The van der Waals surface area contributed by atoms with Crippen LogP contribution in [0.25, 0.3) is 17.0 Å². The largest absolute Gasteiger partial charge is 0.478 e. The third kappa shape index (κ3) is 4.88. The number of fused-ring (bicyclic) bond motifs is 1. The average Bonchev–Trinajstić information content (AvgIpc) is 3.17. The van der Waals surface area contributed by atoms with E-state index in [4.69, 9.17) is 5.11 Å². The summed E-state index contributed by atoms with van der Waals surface area (Å²) in [5.41, 5.74) is 2.01. The van der Waals surface area contributed by atoms with Crippen molar-refractivity contribution in [1.29, 1.82) is 0 Å². The van der Waals surface area contributed by atoms with Crippen LogP contribution in [0.4, 0.5) is 13.2 Å². The maximum Gasteiger partial charge on any atom is 0.416 e. The highest BCUT2D eigenvalue weighted by atomic mass is 19.4. The van der Waals surface area contributed by atoms with E-state index in [1.165, 1.54) is 18.2 Å². The van der Waals surface area contributed by atoms with Gasteiger partial charge in [0.2, 0.25) is 0 Å². The van der Waals surface area contributed by atoms with Gasteiger partial charge >= 0.3 is 12.1 Å². The number of aromatic nitrogens is 1. The van der Waals surface area contributed by atoms with Crippen LogP contribution in [-0.4, -0.2) is 21.6 Å². The summed E-state index contributed by atoms with van der Waals surface area (Å²) in [6, 6.07) is 18.0. The van der Waals surface area contributed by atoms with Gasteiger partial charge in [-0.15, -0.1) is 0 Å². The zero-order valence-electron chi connectivity index (χ0n) is 19.3. The maximum atomic E-state index is 13.5. The van der Waals surface area contributed by atoms with E-state index in [0.29, 0.717) is 22.2 Å². The Hall–Kier alpha value is -4.33. The topological polar surface area (TPSA) is 71.3 Å². The number of alkyl halides is 3. The van der Waals surface area contributed by atoms with Gasteiger partial charge in [-0.3, -0.25) is 4.79 Å². The molecule has 4 aromatic rings. The second-order valence-corrected chi connectivity index (χ2v) is 8.39. The third-order valence-electron chi connectivity index (χ3n) is 6.03. The lowest BCUT2D eigenvalue weighted by Crippen LogP contribution is -2.29. The Labute approximate surface area is 205 Å². The molecule has 36 heavy (non-hydrogen) atoms. The molecular formula is C28H23F3N2O3. The van der Waals surface area contributed by atoms with E-state index < -0.39 is 29.7 Å². The molecule has 0 unspecified atom stereocenters. The van der Waals surface area contributed by atoms with Crippen LogP contribution in [0.15, 0.2) is 79.4 Å². The second kappa shape index (κ2) is 9.73. The van der Waals surface area contributed by atoms with Crippen LogP contribution in [0.1, 0.15) is 56.1 Å². The van der Waals surface area contributed by atoms with Gasteiger partial charge in [-0.25, -0.2) is 4.79 Å². The molecule has 184 valence electrons. The highest BCUT2D eigenvalue weighted by Crippen LogP contribution is 2.32. The number of amides is 1. The molecule has 0 fully saturated rings. The van der Waals surface area contributed by atoms with Crippen LogP contribution in [0, 0.1) is 0 Å². The number of nitrogens with one attached hydrogen (secondary N) is 1. The molecule has 0 radical (unpaired) electrons. The SMILES string of the molecule is C=Cc1c(C(=O)N[C@@H](C)c2ccc(C(=O)O)cc2)n(Cc2cccc(C(F)(F)F)c2)c2ccccc12. The molecule has 1 heterocycles. The van der Waals surface area contributed by atoms with Crippen molar-refractivity contribution in [2.24, 2.45) is 0 Å². The van der Waals surface area contributed by atoms with Crippen molar-refractivity contribution in [1.82, 2.24) is 9.88 Å². The first kappa shape index (κ1) is 24.8. The van der Waals surface area contributed by atoms with E-state index in [-0.39, 0.29) is 17.8 Å². The fraction of sp³-hybridized carbons (Fsp3) is 0.143. The van der Waals surface area contributed by atoms with Gasteiger partial charge in [0.1, 0.15) is 5.69 Å². The van der Waals surface area contributed by atoms with Crippen LogP contribution < -0.4 is 5.32 Å². The van der Waals surface area contributed by atoms with Gasteiger partial charge < -0.3 is 15.0 Å². The molecule has 5 nitrogen and oxygen atoms in total. The van der Waals surface area contributed by atoms with Crippen molar-refractivity contribution >= 4 is 28.9 Å². The predicted molar refractivity (Wildman–Crippen MR) is 132 cm³/mol. The zero-order chi connectivity index (χ0) is 26.0. The van der Waals surface area contributed by atoms with Crippen LogP contribution in [-0.2, 0) is 12.7 Å². The Kier molecular flexibility index (Phi) is 6.70. The number of hydrogen-bond donors (Lipinski definition) is 2. The maximum absolute atomic E-state index is 13.5. The molecular weight excluding hydrogens is 469 g/mol. The first-order valence-corrected chi connectivity index (χ1v) is 11.1. The van der Waals surface area contributed by atoms with Crippen molar-refractivity contribution in [3.8, 4) is 0 Å². The van der Waals surface area contributed by atoms with Crippen LogP contribution in [0.5, 0.6) is 0 Å². The number of carbonyl (C=O) groups is 2. The lowest BCUT2D eigenvalue weighted by molar-refractivity contribution is -0.137. The Balaban J connectivity index is 1.74. The second-order valence-electron chi connectivity index (χ2n) is 8.39. The molecule has 4 rings (SSSR count). The molecule has 0 saturated heterocycles. The Morgan fingerprint density at radius 2 is 1.75 bits per heavy atom. The first-order chi connectivity index (χ1) is 17.1. The first-order valence-electron chi connectivity index (χ1n) is 11.1. The van der Waals surface area contributed by atoms with E-state index in [2.05, 4.69) is 11.9 Å². The number of benzene rings is 3. The number of halogens is 3. The summed E-state index contributed by atoms with van der Waals surface area (Å²) < 4.78 is 41.5. The number of hydrogen-bond acceptors (Lipinski definition) is 2. The summed E-state index contributed by atoms with van der Waals surface area (Å²) in [5, 5.41) is 12.8. The highest BCUT2D eigenvalue weighted by molar-refractivity contribution is 6.05.